The number of thiocarbonyl (C=S) groups is 1. The minimum Gasteiger partial charge on any atom is -0.495 e. The number of nitrogens with zero attached hydrogens (tertiary/aromatic N) is 4. The number of anilines is 2. The van der Waals surface area contributed by atoms with Crippen LogP contribution in [0.15, 0.2) is 79.0 Å². The monoisotopic (exact) mass is 596 g/mol. The van der Waals surface area contributed by atoms with E-state index in [1.165, 1.54) is 5.69 Å². The zero-order valence-corrected chi connectivity index (χ0v) is 26.3. The van der Waals surface area contributed by atoms with Crippen molar-refractivity contribution in [2.24, 2.45) is 0 Å². The molecule has 0 spiro atoms. The molecule has 0 unspecified atom stereocenters. The Bertz CT molecular complexity index is 1570. The van der Waals surface area contributed by atoms with E-state index in [2.05, 4.69) is 88.0 Å². The average molecular weight is 597 g/mol. The second-order valence-electron chi connectivity index (χ2n) is 10.7. The van der Waals surface area contributed by atoms with Crippen LogP contribution >= 0.6 is 12.2 Å². The molecule has 8 nitrogen and oxygen atoms in total. The van der Waals surface area contributed by atoms with E-state index >= 15 is 0 Å². The van der Waals surface area contributed by atoms with E-state index in [9.17, 15) is 4.79 Å². The number of aromatic nitrogens is 2. The van der Waals surface area contributed by atoms with Gasteiger partial charge in [0.05, 0.1) is 30.6 Å². The van der Waals surface area contributed by atoms with Gasteiger partial charge in [-0.15, -0.1) is 0 Å². The van der Waals surface area contributed by atoms with Gasteiger partial charge >= 0.3 is 0 Å². The zero-order valence-electron chi connectivity index (χ0n) is 25.5. The maximum Gasteiger partial charge on any atom is 0.226 e. The first kappa shape index (κ1) is 30.1. The third-order valence-corrected chi connectivity index (χ3v) is 8.54. The smallest absolute Gasteiger partial charge is 0.226 e. The van der Waals surface area contributed by atoms with Gasteiger partial charge in [-0.3, -0.25) is 9.78 Å². The lowest BCUT2D eigenvalue weighted by Crippen LogP contribution is -2.33. The highest BCUT2D eigenvalue weighted by Gasteiger charge is 2.41. The molecule has 224 valence electrons. The topological polar surface area (TPSA) is 74.7 Å². The fraction of sp³-hybridized carbons (Fsp3) is 0.324. The number of carbonyl (C=O) groups is 1. The van der Waals surface area contributed by atoms with Gasteiger partial charge in [0.2, 0.25) is 5.91 Å². The molecule has 1 saturated heterocycles. The van der Waals surface area contributed by atoms with E-state index in [1.807, 2.05) is 42.5 Å². The molecule has 43 heavy (non-hydrogen) atoms. The predicted octanol–water partition coefficient (Wildman–Crippen LogP) is 6.35. The van der Waals surface area contributed by atoms with Crippen LogP contribution in [0, 0.1) is 13.8 Å². The summed E-state index contributed by atoms with van der Waals surface area (Å²) in [6.07, 6.45) is 2.07. The number of pyridine rings is 1. The van der Waals surface area contributed by atoms with Gasteiger partial charge < -0.3 is 29.7 Å². The molecule has 2 aromatic heterocycles. The van der Waals surface area contributed by atoms with Gasteiger partial charge in [-0.2, -0.15) is 0 Å². The summed E-state index contributed by atoms with van der Waals surface area (Å²) in [6.45, 7) is 11.0. The molecule has 9 heteroatoms. The number of amides is 1. The summed E-state index contributed by atoms with van der Waals surface area (Å²) in [7, 11) is 1.59. The minimum atomic E-state index is -0.162. The Morgan fingerprint density at radius 3 is 2.44 bits per heavy atom. The summed E-state index contributed by atoms with van der Waals surface area (Å²) < 4.78 is 7.70. The highest BCUT2D eigenvalue weighted by atomic mass is 32.1. The van der Waals surface area contributed by atoms with Crippen molar-refractivity contribution in [3.05, 3.63) is 102 Å². The van der Waals surface area contributed by atoms with Crippen molar-refractivity contribution >= 4 is 34.6 Å². The van der Waals surface area contributed by atoms with Crippen LogP contribution in [-0.4, -0.2) is 52.2 Å². The summed E-state index contributed by atoms with van der Waals surface area (Å²) in [5.41, 5.74) is 7.30. The number of carbonyl (C=O) groups excluding carboxylic acids is 1. The van der Waals surface area contributed by atoms with Crippen LogP contribution < -0.4 is 20.3 Å². The summed E-state index contributed by atoms with van der Waals surface area (Å²) in [5, 5.41) is 7.12. The molecule has 1 aliphatic rings. The molecule has 1 fully saturated rings. The molecule has 2 aromatic carbocycles. The van der Waals surface area contributed by atoms with E-state index < -0.39 is 0 Å². The van der Waals surface area contributed by atoms with Crippen molar-refractivity contribution in [1.82, 2.24) is 19.8 Å². The lowest BCUT2D eigenvalue weighted by molar-refractivity contribution is -0.116. The molecule has 3 heterocycles. The SMILES string of the molecule is CCN(CC)c1ccc(-n2c(C)cc([C@H]3[C@@H](c4ccccn4)NC(=S)N3CCC(=O)Nc3ccccc3OC)c2C)cc1. The normalized spacial score (nSPS) is 16.2. The molecule has 0 saturated carbocycles. The number of rotatable bonds is 11. The summed E-state index contributed by atoms with van der Waals surface area (Å²) in [4.78, 5) is 22.2. The molecule has 0 aliphatic carbocycles. The Hall–Kier alpha value is -4.37. The second kappa shape index (κ2) is 13.3. The lowest BCUT2D eigenvalue weighted by Gasteiger charge is -2.28. The van der Waals surface area contributed by atoms with Crippen LogP contribution in [-0.2, 0) is 4.79 Å². The summed E-state index contributed by atoms with van der Waals surface area (Å²) in [6, 6.07) is 24.0. The van der Waals surface area contributed by atoms with E-state index in [0.717, 1.165) is 41.4 Å². The Balaban J connectivity index is 1.45. The van der Waals surface area contributed by atoms with Crippen LogP contribution in [0.4, 0.5) is 11.4 Å². The van der Waals surface area contributed by atoms with Crippen molar-refractivity contribution in [2.45, 2.75) is 46.2 Å². The van der Waals surface area contributed by atoms with Gasteiger partial charge in [-0.1, -0.05) is 18.2 Å². The zero-order chi connectivity index (χ0) is 30.5. The quantitative estimate of drug-likeness (QED) is 0.196. The molecular weight excluding hydrogens is 556 g/mol. The highest BCUT2D eigenvalue weighted by Crippen LogP contribution is 2.41. The summed E-state index contributed by atoms with van der Waals surface area (Å²) in [5.74, 6) is 0.519. The van der Waals surface area contributed by atoms with Gasteiger partial charge in [-0.05, 0) is 100 Å². The average Bonchev–Trinajstić information content (AvgIpc) is 3.51. The maximum absolute atomic E-state index is 13.1. The van der Waals surface area contributed by atoms with E-state index in [0.29, 0.717) is 23.1 Å². The third kappa shape index (κ3) is 6.22. The largest absolute Gasteiger partial charge is 0.495 e. The number of hydrogen-bond donors (Lipinski definition) is 2. The van der Waals surface area contributed by atoms with Crippen LogP contribution in [0.3, 0.4) is 0 Å². The second-order valence-corrected chi connectivity index (χ2v) is 11.1. The van der Waals surface area contributed by atoms with Gasteiger partial charge in [0.1, 0.15) is 5.75 Å². The van der Waals surface area contributed by atoms with Gasteiger partial charge in [0.15, 0.2) is 5.11 Å². The number of nitrogens with one attached hydrogen (secondary N) is 2. The standard InChI is InChI=1S/C34H40N6O2S/c1-6-38(7-2)25-15-17-26(18-16-25)40-23(3)22-27(24(40)4)33-32(29-13-10-11-20-35-29)37-34(43)39(33)21-19-31(41)36-28-12-8-9-14-30(28)42-5/h8-18,20,22,32-33H,6-7,19,21H2,1-5H3,(H,36,41)(H,37,43)/t32-,33+/m1/s1. The van der Waals surface area contributed by atoms with Crippen molar-refractivity contribution in [1.29, 1.82) is 0 Å². The highest BCUT2D eigenvalue weighted by molar-refractivity contribution is 7.80. The first-order valence-corrected chi connectivity index (χ1v) is 15.2. The van der Waals surface area contributed by atoms with Crippen molar-refractivity contribution in [3.8, 4) is 11.4 Å². The molecule has 2 atom stereocenters. The van der Waals surface area contributed by atoms with Crippen LogP contribution in [0.1, 0.15) is 55.0 Å². The summed E-state index contributed by atoms with van der Waals surface area (Å²) >= 11 is 5.88. The minimum absolute atomic E-state index is 0.105. The Morgan fingerprint density at radius 1 is 1.05 bits per heavy atom. The van der Waals surface area contributed by atoms with Crippen LogP contribution in [0.2, 0.25) is 0 Å². The number of aryl methyl sites for hydroxylation is 1. The number of methoxy groups -OCH3 is 1. The number of para-hydroxylation sites is 2. The molecular formula is C34H40N6O2S. The number of hydrogen-bond acceptors (Lipinski definition) is 5. The van der Waals surface area contributed by atoms with Gasteiger partial charge in [0.25, 0.3) is 0 Å². The van der Waals surface area contributed by atoms with E-state index in [1.54, 1.807) is 13.3 Å². The Labute approximate surface area is 259 Å². The fourth-order valence-electron chi connectivity index (χ4n) is 6.05. The molecule has 0 radical (unpaired) electrons. The van der Waals surface area contributed by atoms with Crippen molar-refractivity contribution in [3.63, 3.8) is 0 Å². The molecule has 1 aliphatic heterocycles. The first-order valence-electron chi connectivity index (χ1n) is 14.8. The van der Waals surface area contributed by atoms with E-state index in [4.69, 9.17) is 17.0 Å². The third-order valence-electron chi connectivity index (χ3n) is 8.18. The van der Waals surface area contributed by atoms with Gasteiger partial charge in [-0.25, -0.2) is 0 Å². The Kier molecular flexibility index (Phi) is 9.31. The molecule has 5 rings (SSSR count). The number of ether oxygens (including phenoxy) is 1. The predicted molar refractivity (Wildman–Crippen MR) is 177 cm³/mol. The molecule has 0 bridgehead atoms. The number of benzene rings is 2. The van der Waals surface area contributed by atoms with Gasteiger partial charge in [0, 0.05) is 55.0 Å². The molecule has 4 aromatic rings. The van der Waals surface area contributed by atoms with Crippen LogP contribution in [0.5, 0.6) is 5.75 Å². The van der Waals surface area contributed by atoms with Crippen molar-refractivity contribution < 1.29 is 9.53 Å². The first-order chi connectivity index (χ1) is 20.9. The van der Waals surface area contributed by atoms with Crippen molar-refractivity contribution in [2.75, 3.05) is 37.0 Å². The van der Waals surface area contributed by atoms with E-state index in [-0.39, 0.29) is 24.4 Å². The Morgan fingerprint density at radius 2 is 1.77 bits per heavy atom. The lowest BCUT2D eigenvalue weighted by atomic mass is 9.96. The molecule has 2 N–H and O–H groups in total. The fourth-order valence-corrected chi connectivity index (χ4v) is 6.38. The maximum atomic E-state index is 13.1. The molecule has 1 amide bonds. The van der Waals surface area contributed by atoms with Crippen LogP contribution in [0.25, 0.3) is 5.69 Å².